The van der Waals surface area contributed by atoms with Crippen molar-refractivity contribution >= 4 is 60.1 Å². The lowest BCUT2D eigenvalue weighted by atomic mass is 10.1. The van der Waals surface area contributed by atoms with Crippen LogP contribution in [0.2, 0.25) is 5.02 Å². The van der Waals surface area contributed by atoms with E-state index in [4.69, 9.17) is 16.3 Å². The van der Waals surface area contributed by atoms with Crippen LogP contribution >= 0.6 is 38.9 Å². The molecule has 4 nitrogen and oxygen atoms in total. The second kappa shape index (κ2) is 7.64. The van der Waals surface area contributed by atoms with E-state index in [1.165, 1.54) is 11.3 Å². The Balaban J connectivity index is 1.74. The molecule has 134 valence electrons. The molecule has 4 rings (SSSR count). The zero-order valence-corrected chi connectivity index (χ0v) is 17.0. The second-order valence-electron chi connectivity index (χ2n) is 6.14. The summed E-state index contributed by atoms with van der Waals surface area (Å²) in [5, 5.41) is 1.10. The highest BCUT2D eigenvalue weighted by Gasteiger charge is 2.28. The topological polar surface area (TPSA) is 42.4 Å². The molecule has 1 atom stereocenters. The molecule has 1 saturated heterocycles. The number of hydrogen-bond acceptors (Lipinski definition) is 4. The molecule has 1 unspecified atom stereocenters. The van der Waals surface area contributed by atoms with E-state index in [1.54, 1.807) is 17.0 Å². The standard InChI is InChI=1S/C19H16BrClN2O2S/c20-12-7-8-15(21)14(10-12)18(24)23(11-13-4-3-9-25-13)19-22-16-5-1-2-6-17(16)26-19/h1-2,5-8,10,13H,3-4,9,11H2. The molecule has 0 bridgehead atoms. The van der Waals surface area contributed by atoms with Crippen molar-refractivity contribution in [3.63, 3.8) is 0 Å². The van der Waals surface area contributed by atoms with Gasteiger partial charge in [-0.1, -0.05) is 51.0 Å². The van der Waals surface area contributed by atoms with Crippen LogP contribution in [-0.2, 0) is 4.74 Å². The van der Waals surface area contributed by atoms with Gasteiger partial charge in [0.05, 0.1) is 33.5 Å². The number of fused-ring (bicyclic) bond motifs is 1. The van der Waals surface area contributed by atoms with Gasteiger partial charge in [0.1, 0.15) is 0 Å². The van der Waals surface area contributed by atoms with Crippen molar-refractivity contribution < 1.29 is 9.53 Å². The quantitative estimate of drug-likeness (QED) is 0.523. The summed E-state index contributed by atoms with van der Waals surface area (Å²) in [5.41, 5.74) is 1.34. The number of benzene rings is 2. The first-order valence-corrected chi connectivity index (χ1v) is 10.3. The summed E-state index contributed by atoms with van der Waals surface area (Å²) < 4.78 is 7.62. The van der Waals surface area contributed by atoms with Gasteiger partial charge in [-0.15, -0.1) is 0 Å². The highest BCUT2D eigenvalue weighted by molar-refractivity contribution is 9.10. The molecular weight excluding hydrogens is 436 g/mol. The van der Waals surface area contributed by atoms with E-state index in [2.05, 4.69) is 20.9 Å². The lowest BCUT2D eigenvalue weighted by molar-refractivity contribution is 0.0917. The number of ether oxygens (including phenoxy) is 1. The lowest BCUT2D eigenvalue weighted by Gasteiger charge is -2.23. The first-order chi connectivity index (χ1) is 12.6. The van der Waals surface area contributed by atoms with Gasteiger partial charge < -0.3 is 4.74 Å². The molecular formula is C19H16BrClN2O2S. The summed E-state index contributed by atoms with van der Waals surface area (Å²) in [4.78, 5) is 19.7. The van der Waals surface area contributed by atoms with Gasteiger partial charge in [-0.3, -0.25) is 9.69 Å². The van der Waals surface area contributed by atoms with Crippen molar-refractivity contribution in [2.45, 2.75) is 18.9 Å². The molecule has 2 aromatic carbocycles. The van der Waals surface area contributed by atoms with Gasteiger partial charge in [0.2, 0.25) is 0 Å². The predicted octanol–water partition coefficient (Wildman–Crippen LogP) is 5.54. The van der Waals surface area contributed by atoms with E-state index >= 15 is 0 Å². The third-order valence-electron chi connectivity index (χ3n) is 4.33. The highest BCUT2D eigenvalue weighted by atomic mass is 79.9. The molecule has 7 heteroatoms. The summed E-state index contributed by atoms with van der Waals surface area (Å²) >= 11 is 11.2. The van der Waals surface area contributed by atoms with Crippen molar-refractivity contribution in [1.82, 2.24) is 4.98 Å². The molecule has 1 aliphatic heterocycles. The van der Waals surface area contributed by atoms with E-state index in [0.29, 0.717) is 22.3 Å². The summed E-state index contributed by atoms with van der Waals surface area (Å²) in [7, 11) is 0. The third kappa shape index (κ3) is 3.64. The van der Waals surface area contributed by atoms with Crippen LogP contribution in [0.3, 0.4) is 0 Å². The number of hydrogen-bond donors (Lipinski definition) is 0. The van der Waals surface area contributed by atoms with Crippen LogP contribution in [-0.4, -0.2) is 30.1 Å². The van der Waals surface area contributed by atoms with Crippen molar-refractivity contribution in [3.8, 4) is 0 Å². The number of amides is 1. The molecule has 26 heavy (non-hydrogen) atoms. The molecule has 2 heterocycles. The normalized spacial score (nSPS) is 16.9. The molecule has 3 aromatic rings. The molecule has 0 aliphatic carbocycles. The average molecular weight is 452 g/mol. The van der Waals surface area contributed by atoms with Crippen LogP contribution < -0.4 is 4.90 Å². The van der Waals surface area contributed by atoms with E-state index in [0.717, 1.165) is 34.1 Å². The molecule has 1 amide bonds. The molecule has 1 fully saturated rings. The Hall–Kier alpha value is -1.47. The number of rotatable bonds is 4. The fraction of sp³-hybridized carbons (Fsp3) is 0.263. The van der Waals surface area contributed by atoms with Crippen LogP contribution in [0.1, 0.15) is 23.2 Å². The van der Waals surface area contributed by atoms with Crippen LogP contribution in [0.25, 0.3) is 10.2 Å². The Morgan fingerprint density at radius 1 is 1.35 bits per heavy atom. The summed E-state index contributed by atoms with van der Waals surface area (Å²) in [6.45, 7) is 1.21. The Morgan fingerprint density at radius 2 is 2.19 bits per heavy atom. The molecule has 1 aliphatic rings. The molecule has 1 aromatic heterocycles. The maximum atomic E-state index is 13.3. The predicted molar refractivity (Wildman–Crippen MR) is 109 cm³/mol. The van der Waals surface area contributed by atoms with Gasteiger partial charge in [-0.05, 0) is 43.2 Å². The molecule has 0 radical (unpaired) electrons. The summed E-state index contributed by atoms with van der Waals surface area (Å²) in [6, 6.07) is 13.2. The smallest absolute Gasteiger partial charge is 0.261 e. The zero-order valence-electron chi connectivity index (χ0n) is 13.8. The number of anilines is 1. The largest absolute Gasteiger partial charge is 0.376 e. The number of carbonyl (C=O) groups is 1. The zero-order chi connectivity index (χ0) is 18.1. The number of thiazole rings is 1. The molecule has 0 saturated carbocycles. The van der Waals surface area contributed by atoms with Crippen LogP contribution in [0.5, 0.6) is 0 Å². The van der Waals surface area contributed by atoms with Gasteiger partial charge in [0.15, 0.2) is 5.13 Å². The number of carbonyl (C=O) groups excluding carboxylic acids is 1. The Bertz CT molecular complexity index is 923. The van der Waals surface area contributed by atoms with Crippen LogP contribution in [0.15, 0.2) is 46.9 Å². The maximum absolute atomic E-state index is 13.3. The minimum atomic E-state index is -0.161. The average Bonchev–Trinajstić information content (AvgIpc) is 3.30. The van der Waals surface area contributed by atoms with E-state index in [9.17, 15) is 4.79 Å². The highest BCUT2D eigenvalue weighted by Crippen LogP contribution is 2.32. The van der Waals surface area contributed by atoms with Gasteiger partial charge in [0.25, 0.3) is 5.91 Å². The van der Waals surface area contributed by atoms with Crippen molar-refractivity contribution in [1.29, 1.82) is 0 Å². The Kier molecular flexibility index (Phi) is 5.27. The number of nitrogens with zero attached hydrogens (tertiary/aromatic N) is 2. The fourth-order valence-electron chi connectivity index (χ4n) is 3.02. The minimum absolute atomic E-state index is 0.0249. The maximum Gasteiger partial charge on any atom is 0.261 e. The second-order valence-corrected chi connectivity index (χ2v) is 8.47. The minimum Gasteiger partial charge on any atom is -0.376 e. The van der Waals surface area contributed by atoms with Crippen molar-refractivity contribution in [2.24, 2.45) is 0 Å². The SMILES string of the molecule is O=C(c1cc(Br)ccc1Cl)N(CC1CCCO1)c1nc2ccccc2s1. The van der Waals surface area contributed by atoms with Crippen LogP contribution in [0.4, 0.5) is 5.13 Å². The number of aromatic nitrogens is 1. The van der Waals surface area contributed by atoms with Gasteiger partial charge in [-0.2, -0.15) is 0 Å². The van der Waals surface area contributed by atoms with Crippen molar-refractivity contribution in [2.75, 3.05) is 18.1 Å². The first-order valence-electron chi connectivity index (χ1n) is 8.36. The third-order valence-corrected chi connectivity index (χ3v) is 6.21. The number of para-hydroxylation sites is 1. The van der Waals surface area contributed by atoms with E-state index in [1.807, 2.05) is 30.3 Å². The number of halogens is 2. The monoisotopic (exact) mass is 450 g/mol. The Morgan fingerprint density at radius 3 is 2.96 bits per heavy atom. The lowest BCUT2D eigenvalue weighted by Crippen LogP contribution is -2.37. The van der Waals surface area contributed by atoms with Gasteiger partial charge in [-0.25, -0.2) is 4.98 Å². The van der Waals surface area contributed by atoms with Gasteiger partial charge >= 0.3 is 0 Å². The fourth-order valence-corrected chi connectivity index (χ4v) is 4.55. The van der Waals surface area contributed by atoms with Gasteiger partial charge in [0, 0.05) is 11.1 Å². The van der Waals surface area contributed by atoms with E-state index in [-0.39, 0.29) is 12.0 Å². The summed E-state index contributed by atoms with van der Waals surface area (Å²) in [5.74, 6) is -0.161. The molecule has 0 spiro atoms. The summed E-state index contributed by atoms with van der Waals surface area (Å²) in [6.07, 6.45) is 1.99. The van der Waals surface area contributed by atoms with Crippen LogP contribution in [0, 0.1) is 0 Å². The van der Waals surface area contributed by atoms with Crippen molar-refractivity contribution in [3.05, 3.63) is 57.5 Å². The Labute approximate surface area is 168 Å². The first kappa shape index (κ1) is 17.9. The van der Waals surface area contributed by atoms with E-state index < -0.39 is 0 Å². The molecule has 0 N–H and O–H groups in total.